The Morgan fingerprint density at radius 1 is 0.821 bits per heavy atom. The molecule has 0 spiro atoms. The van der Waals surface area contributed by atoms with Gasteiger partial charge in [0.1, 0.15) is 0 Å². The Bertz CT molecular complexity index is 943. The molecule has 5 heteroatoms. The molecule has 0 radical (unpaired) electrons. The molecule has 3 nitrogen and oxygen atoms in total. The summed E-state index contributed by atoms with van der Waals surface area (Å²) in [5.74, 6) is -1.04. The molecule has 2 N–H and O–H groups in total. The maximum absolute atomic E-state index is 11.7. The van der Waals surface area contributed by atoms with E-state index in [4.69, 9.17) is 0 Å². The summed E-state index contributed by atoms with van der Waals surface area (Å²) in [5.41, 5.74) is 2.65. The van der Waals surface area contributed by atoms with Gasteiger partial charge < -0.3 is 0 Å². The summed E-state index contributed by atoms with van der Waals surface area (Å²) >= 11 is -2.62. The van der Waals surface area contributed by atoms with Gasteiger partial charge >= 0.3 is 182 Å². The third kappa shape index (κ3) is 5.16. The molecule has 0 aliphatic heterocycles. The van der Waals surface area contributed by atoms with Crippen molar-refractivity contribution in [2.75, 3.05) is 0 Å². The molecule has 0 aliphatic carbocycles. The average Bonchev–Trinajstić information content (AvgIpc) is 2.71. The molecule has 3 rings (SSSR count). The number of aromatic carboxylic acids is 1. The van der Waals surface area contributed by atoms with Gasteiger partial charge in [0.2, 0.25) is 0 Å². The topological polar surface area (TPSA) is 57.5 Å². The molecule has 0 fully saturated rings. The zero-order valence-corrected chi connectivity index (χ0v) is 22.2. The van der Waals surface area contributed by atoms with Crippen LogP contribution in [0.3, 0.4) is 0 Å². The van der Waals surface area contributed by atoms with E-state index in [0.29, 0.717) is 9.02 Å². The van der Waals surface area contributed by atoms with E-state index in [1.54, 1.807) is 6.07 Å². The summed E-state index contributed by atoms with van der Waals surface area (Å²) in [6, 6.07) is 24.5. The minimum absolute atomic E-state index is 0.00575. The van der Waals surface area contributed by atoms with E-state index in [2.05, 4.69) is 56.3 Å². The first kappa shape index (κ1) is 20.9. The normalized spacial score (nSPS) is 12.5. The summed E-state index contributed by atoms with van der Waals surface area (Å²) < 4.78 is 2.94. The van der Waals surface area contributed by atoms with Crippen LogP contribution in [0, 0.1) is 0 Å². The van der Waals surface area contributed by atoms with E-state index < -0.39 is 40.2 Å². The van der Waals surface area contributed by atoms with Gasteiger partial charge in [-0.25, -0.2) is 0 Å². The van der Waals surface area contributed by atoms with Crippen molar-refractivity contribution >= 4 is 14.3 Å². The van der Waals surface area contributed by atoms with Crippen LogP contribution in [0.15, 0.2) is 72.8 Å². The van der Waals surface area contributed by atoms with E-state index in [1.165, 1.54) is 15.3 Å². The zero-order valence-electron chi connectivity index (χ0n) is 16.3. The summed E-state index contributed by atoms with van der Waals surface area (Å²) in [6.45, 7) is 4.42. The standard InChI is InChI=1S/2C8H9.C7H4O3.2Zn/c2*1-2-8-6-4-3-5-7-8;8-6-4-2-1-3-5(6)7(9)10;;/h2*2-7H,1H3;2-3,8H,(H,9,10);;. The third-order valence-electron chi connectivity index (χ3n) is 5.28. The number of aromatic hydroxyl groups is 1. The summed E-state index contributed by atoms with van der Waals surface area (Å²) in [7, 11) is 0. The third-order valence-corrected chi connectivity index (χ3v) is 13.7. The number of hydrogen-bond donors (Lipinski definition) is 2. The van der Waals surface area contributed by atoms with Crippen molar-refractivity contribution in [2.24, 2.45) is 0 Å². The van der Waals surface area contributed by atoms with Crippen molar-refractivity contribution < 1.29 is 49.3 Å². The second-order valence-corrected chi connectivity index (χ2v) is 17.7. The molecule has 3 aromatic rings. The van der Waals surface area contributed by atoms with Crippen LogP contribution in [0.5, 0.6) is 5.75 Å². The van der Waals surface area contributed by atoms with Gasteiger partial charge in [-0.15, -0.1) is 0 Å². The Morgan fingerprint density at radius 2 is 1.32 bits per heavy atom. The summed E-state index contributed by atoms with van der Waals surface area (Å²) in [5, 5.41) is 20.2. The van der Waals surface area contributed by atoms with Crippen molar-refractivity contribution in [3.63, 3.8) is 0 Å². The van der Waals surface area contributed by atoms with Crippen molar-refractivity contribution in [1.29, 1.82) is 0 Å². The Kier molecular flexibility index (Phi) is 7.16. The maximum atomic E-state index is 11.7. The average molecular weight is 477 g/mol. The molecule has 0 saturated heterocycles. The quantitative estimate of drug-likeness (QED) is 0.506. The van der Waals surface area contributed by atoms with Crippen molar-refractivity contribution in [3.05, 3.63) is 89.5 Å². The van der Waals surface area contributed by atoms with E-state index in [0.717, 1.165) is 4.16 Å². The molecule has 2 atom stereocenters. The van der Waals surface area contributed by atoms with Gasteiger partial charge in [-0.3, -0.25) is 0 Å². The molecular weight excluding hydrogens is 455 g/mol. The Hall–Kier alpha value is -1.82. The second-order valence-electron chi connectivity index (χ2n) is 7.49. The Morgan fingerprint density at radius 3 is 1.82 bits per heavy atom. The number of carbonyl (C=O) groups is 1. The first-order chi connectivity index (χ1) is 13.5. The predicted molar refractivity (Wildman–Crippen MR) is 104 cm³/mol. The molecule has 0 amide bonds. The monoisotopic (exact) mass is 474 g/mol. The van der Waals surface area contributed by atoms with Crippen LogP contribution in [0.1, 0.15) is 44.4 Å². The number of rotatable bonds is 7. The van der Waals surface area contributed by atoms with Gasteiger partial charge in [0.15, 0.2) is 0 Å². The minimum atomic E-state index is -1.39. The van der Waals surface area contributed by atoms with Crippen LogP contribution in [0.2, 0.25) is 0 Å². The van der Waals surface area contributed by atoms with E-state index in [9.17, 15) is 15.0 Å². The summed E-state index contributed by atoms with van der Waals surface area (Å²) in [6.07, 6.45) is 0. The van der Waals surface area contributed by atoms with E-state index >= 15 is 0 Å². The molecule has 0 bridgehead atoms. The van der Waals surface area contributed by atoms with E-state index in [1.807, 2.05) is 24.3 Å². The fourth-order valence-electron chi connectivity index (χ4n) is 3.68. The predicted octanol–water partition coefficient (Wildman–Crippen LogP) is 4.03. The van der Waals surface area contributed by atoms with Crippen molar-refractivity contribution in [3.8, 4) is 5.75 Å². The molecule has 0 aliphatic rings. The zero-order chi connectivity index (χ0) is 20.1. The molecule has 28 heavy (non-hydrogen) atoms. The number of hydrogen-bond acceptors (Lipinski definition) is 2. The van der Waals surface area contributed by atoms with Crippen LogP contribution in [-0.4, -0.2) is 16.2 Å². The molecule has 0 aromatic heterocycles. The van der Waals surface area contributed by atoms with Gasteiger partial charge in [-0.05, 0) is 0 Å². The second kappa shape index (κ2) is 9.59. The van der Waals surface area contributed by atoms with Gasteiger partial charge in [-0.1, -0.05) is 0 Å². The number of phenols is 1. The molecular formula is C23H22O3Zn2. The summed E-state index contributed by atoms with van der Waals surface area (Å²) in [4.78, 5) is 11.7. The molecule has 2 unspecified atom stereocenters. The van der Waals surface area contributed by atoms with Crippen LogP contribution in [0.25, 0.3) is 0 Å². The van der Waals surface area contributed by atoms with Gasteiger partial charge in [0.25, 0.3) is 0 Å². The fourth-order valence-corrected chi connectivity index (χ4v) is 13.0. The number of benzene rings is 3. The first-order valence-electron chi connectivity index (χ1n) is 9.63. The Balaban J connectivity index is 1.90. The van der Waals surface area contributed by atoms with E-state index in [-0.39, 0.29) is 11.3 Å². The van der Waals surface area contributed by atoms with Crippen LogP contribution in [0.4, 0.5) is 0 Å². The molecule has 0 saturated carbocycles. The number of carboxylic acids is 1. The Labute approximate surface area is 181 Å². The van der Waals surface area contributed by atoms with Crippen molar-refractivity contribution in [1.82, 2.24) is 0 Å². The van der Waals surface area contributed by atoms with Crippen LogP contribution in [-0.2, 0) is 34.3 Å². The first-order valence-corrected chi connectivity index (χ1v) is 16.0. The van der Waals surface area contributed by atoms with Gasteiger partial charge in [-0.2, -0.15) is 0 Å². The molecule has 3 aromatic carbocycles. The fraction of sp³-hybridized carbons (Fsp3) is 0.174. The number of carboxylic acid groups (broad SMARTS) is 1. The molecule has 136 valence electrons. The SMILES string of the molecule is C[CH]([Zn][c]1c[c]([Zn][CH](C)c2ccccc2)c(O)c(C(=O)O)c1)c1ccccc1. The molecule has 0 heterocycles. The van der Waals surface area contributed by atoms with Crippen molar-refractivity contribution in [2.45, 2.75) is 22.9 Å². The van der Waals surface area contributed by atoms with Crippen LogP contribution >= 0.6 is 0 Å². The van der Waals surface area contributed by atoms with Crippen LogP contribution < -0.4 is 8.32 Å². The van der Waals surface area contributed by atoms with Gasteiger partial charge in [0, 0.05) is 0 Å². The van der Waals surface area contributed by atoms with Gasteiger partial charge in [0.05, 0.1) is 0 Å².